The van der Waals surface area contributed by atoms with Crippen LogP contribution >= 0.6 is 24.0 Å². The molecule has 0 bridgehead atoms. The van der Waals surface area contributed by atoms with Crippen molar-refractivity contribution in [2.75, 3.05) is 31.6 Å². The molecule has 1 aliphatic heterocycles. The van der Waals surface area contributed by atoms with Gasteiger partial charge in [-0.1, -0.05) is 6.07 Å². The fourth-order valence-corrected chi connectivity index (χ4v) is 3.40. The predicted molar refractivity (Wildman–Crippen MR) is 125 cm³/mol. The molecule has 2 heterocycles. The summed E-state index contributed by atoms with van der Waals surface area (Å²) in [4.78, 5) is 6.65. The van der Waals surface area contributed by atoms with Gasteiger partial charge in [0, 0.05) is 46.0 Å². The van der Waals surface area contributed by atoms with Crippen molar-refractivity contribution in [2.45, 2.75) is 32.4 Å². The van der Waals surface area contributed by atoms with Crippen LogP contribution in [0.5, 0.6) is 5.75 Å². The van der Waals surface area contributed by atoms with Crippen molar-refractivity contribution in [3.63, 3.8) is 0 Å². The first-order valence-electron chi connectivity index (χ1n) is 9.71. The maximum atomic E-state index is 14.0. The Morgan fingerprint density at radius 3 is 2.90 bits per heavy atom. The molecule has 1 atom stereocenters. The summed E-state index contributed by atoms with van der Waals surface area (Å²) in [5.41, 5.74) is 1.98. The molecule has 29 heavy (non-hydrogen) atoms. The zero-order valence-corrected chi connectivity index (χ0v) is 19.5. The van der Waals surface area contributed by atoms with Crippen LogP contribution in [0.2, 0.25) is 0 Å². The monoisotopic (exact) mass is 516 g/mol. The number of aliphatic imine (C=N–C) groups is 1. The average molecular weight is 516 g/mol. The van der Waals surface area contributed by atoms with E-state index in [1.54, 1.807) is 13.1 Å². The Kier molecular flexibility index (Phi) is 8.99. The number of ether oxygens (including phenoxy) is 1. The van der Waals surface area contributed by atoms with Gasteiger partial charge in [0.05, 0.1) is 18.5 Å². The third-order valence-corrected chi connectivity index (χ3v) is 4.80. The Balaban J connectivity index is 0.00000300. The molecule has 1 aromatic heterocycles. The molecule has 1 fully saturated rings. The Bertz CT molecular complexity index is 812. The Labute approximate surface area is 188 Å². The van der Waals surface area contributed by atoms with E-state index in [0.717, 1.165) is 37.2 Å². The molecule has 160 valence electrons. The van der Waals surface area contributed by atoms with Crippen LogP contribution in [0, 0.1) is 5.82 Å². The fourth-order valence-electron chi connectivity index (χ4n) is 3.40. The van der Waals surface area contributed by atoms with Crippen LogP contribution in [0.25, 0.3) is 0 Å². The van der Waals surface area contributed by atoms with Gasteiger partial charge in [0.2, 0.25) is 0 Å². The van der Waals surface area contributed by atoms with E-state index in [-0.39, 0.29) is 41.6 Å². The molecule has 0 amide bonds. The lowest BCUT2D eigenvalue weighted by atomic mass is 10.1. The topological polar surface area (TPSA) is 66.7 Å². The lowest BCUT2D eigenvalue weighted by Gasteiger charge is -2.34. The number of rotatable bonds is 6. The maximum absolute atomic E-state index is 14.0. The molecular weight excluding hydrogens is 486 g/mol. The van der Waals surface area contributed by atoms with Gasteiger partial charge in [0.15, 0.2) is 17.5 Å². The zero-order valence-electron chi connectivity index (χ0n) is 17.2. The molecule has 0 spiro atoms. The minimum Gasteiger partial charge on any atom is -0.491 e. The third-order valence-electron chi connectivity index (χ3n) is 4.80. The molecular formula is C20H30FIN6O. The summed E-state index contributed by atoms with van der Waals surface area (Å²) in [5, 5.41) is 11.0. The van der Waals surface area contributed by atoms with E-state index in [9.17, 15) is 4.39 Å². The number of piperidine rings is 1. The molecule has 0 aliphatic carbocycles. The van der Waals surface area contributed by atoms with E-state index in [0.29, 0.717) is 19.1 Å². The molecule has 1 aromatic carbocycles. The highest BCUT2D eigenvalue weighted by Gasteiger charge is 2.21. The summed E-state index contributed by atoms with van der Waals surface area (Å²) >= 11 is 0. The van der Waals surface area contributed by atoms with Crippen molar-refractivity contribution >= 4 is 35.6 Å². The lowest BCUT2D eigenvalue weighted by molar-refractivity contribution is 0.321. The van der Waals surface area contributed by atoms with Gasteiger partial charge in [-0.25, -0.2) is 4.39 Å². The van der Waals surface area contributed by atoms with Crippen molar-refractivity contribution in [1.29, 1.82) is 0 Å². The number of hydrogen-bond donors (Lipinski definition) is 2. The van der Waals surface area contributed by atoms with Crippen molar-refractivity contribution in [3.05, 3.63) is 42.0 Å². The molecule has 1 saturated heterocycles. The van der Waals surface area contributed by atoms with Gasteiger partial charge in [-0.15, -0.1) is 24.0 Å². The van der Waals surface area contributed by atoms with Gasteiger partial charge < -0.3 is 20.3 Å². The van der Waals surface area contributed by atoms with Crippen molar-refractivity contribution < 1.29 is 9.13 Å². The summed E-state index contributed by atoms with van der Waals surface area (Å²) in [6.07, 6.45) is 6.12. The summed E-state index contributed by atoms with van der Waals surface area (Å²) in [6, 6.07) is 5.31. The molecule has 0 saturated carbocycles. The van der Waals surface area contributed by atoms with E-state index >= 15 is 0 Å². The smallest absolute Gasteiger partial charge is 0.191 e. The van der Waals surface area contributed by atoms with E-state index in [1.165, 1.54) is 6.07 Å². The van der Waals surface area contributed by atoms with E-state index in [2.05, 4.69) is 25.6 Å². The van der Waals surface area contributed by atoms with E-state index in [4.69, 9.17) is 4.74 Å². The first-order valence-corrected chi connectivity index (χ1v) is 9.71. The van der Waals surface area contributed by atoms with E-state index < -0.39 is 0 Å². The third kappa shape index (κ3) is 6.48. The second-order valence-corrected chi connectivity index (χ2v) is 6.93. The van der Waals surface area contributed by atoms with Crippen LogP contribution in [0.3, 0.4) is 0 Å². The van der Waals surface area contributed by atoms with Crippen molar-refractivity contribution in [1.82, 2.24) is 20.4 Å². The highest BCUT2D eigenvalue weighted by atomic mass is 127. The minimum absolute atomic E-state index is 0. The van der Waals surface area contributed by atoms with Crippen LogP contribution in [0.4, 0.5) is 10.1 Å². The number of hydrogen-bond acceptors (Lipinski definition) is 4. The first-order chi connectivity index (χ1) is 13.6. The van der Waals surface area contributed by atoms with Crippen molar-refractivity contribution in [2.24, 2.45) is 12.0 Å². The minimum atomic E-state index is -0.344. The number of aryl methyl sites for hydroxylation is 1. The average Bonchev–Trinajstić information content (AvgIpc) is 3.14. The number of anilines is 1. The van der Waals surface area contributed by atoms with Gasteiger partial charge in [-0.2, -0.15) is 5.10 Å². The summed E-state index contributed by atoms with van der Waals surface area (Å²) in [6.45, 7) is 4.70. The lowest BCUT2D eigenvalue weighted by Crippen LogP contribution is -2.51. The number of halogens is 2. The Hall–Kier alpha value is -2.04. The molecule has 1 unspecified atom stereocenters. The molecule has 2 N–H and O–H groups in total. The number of benzene rings is 1. The van der Waals surface area contributed by atoms with Gasteiger partial charge >= 0.3 is 0 Å². The maximum Gasteiger partial charge on any atom is 0.191 e. The van der Waals surface area contributed by atoms with Gasteiger partial charge in [-0.05, 0) is 37.5 Å². The fraction of sp³-hybridized carbons (Fsp3) is 0.500. The van der Waals surface area contributed by atoms with Gasteiger partial charge in [-0.3, -0.25) is 9.67 Å². The van der Waals surface area contributed by atoms with Crippen LogP contribution in [0.1, 0.15) is 25.3 Å². The molecule has 2 aromatic rings. The molecule has 9 heteroatoms. The van der Waals surface area contributed by atoms with E-state index in [1.807, 2.05) is 37.1 Å². The molecule has 3 rings (SSSR count). The van der Waals surface area contributed by atoms with Crippen molar-refractivity contribution in [3.8, 4) is 5.75 Å². The second-order valence-electron chi connectivity index (χ2n) is 6.93. The summed E-state index contributed by atoms with van der Waals surface area (Å²) < 4.78 is 21.1. The van der Waals surface area contributed by atoms with Gasteiger partial charge in [0.25, 0.3) is 0 Å². The summed E-state index contributed by atoms with van der Waals surface area (Å²) in [5.74, 6) is 0.655. The van der Waals surface area contributed by atoms with Crippen LogP contribution in [-0.4, -0.2) is 48.5 Å². The molecule has 7 nitrogen and oxygen atoms in total. The first kappa shape index (κ1) is 23.2. The number of nitrogens with zero attached hydrogens (tertiary/aromatic N) is 4. The largest absolute Gasteiger partial charge is 0.491 e. The number of aromatic nitrogens is 2. The van der Waals surface area contributed by atoms with Crippen LogP contribution in [-0.2, 0) is 13.6 Å². The number of guanidine groups is 1. The second kappa shape index (κ2) is 11.2. The quantitative estimate of drug-likeness (QED) is 0.351. The standard InChI is InChI=1S/C20H29FN6O.HI/c1-4-28-19-8-7-15(10-18(19)21)11-23-20(22-2)25-16-6-5-9-27(13-16)17-12-24-26(3)14-17;/h7-8,10,12,14,16H,4-6,9,11,13H2,1-3H3,(H2,22,23,25);1H. The molecule has 0 radical (unpaired) electrons. The summed E-state index contributed by atoms with van der Waals surface area (Å²) in [7, 11) is 3.68. The Morgan fingerprint density at radius 2 is 2.24 bits per heavy atom. The predicted octanol–water partition coefficient (Wildman–Crippen LogP) is 2.91. The zero-order chi connectivity index (χ0) is 19.9. The number of nitrogens with one attached hydrogen (secondary N) is 2. The van der Waals surface area contributed by atoms with Gasteiger partial charge in [0.1, 0.15) is 0 Å². The van der Waals surface area contributed by atoms with Crippen LogP contribution in [0.15, 0.2) is 35.6 Å². The molecule has 1 aliphatic rings. The highest BCUT2D eigenvalue weighted by molar-refractivity contribution is 14.0. The van der Waals surface area contributed by atoms with Crippen LogP contribution < -0.4 is 20.3 Å². The SMILES string of the molecule is CCOc1ccc(CNC(=NC)NC2CCCN(c3cnn(C)c3)C2)cc1F.I. The Morgan fingerprint density at radius 1 is 1.41 bits per heavy atom. The normalized spacial score (nSPS) is 16.9. The highest BCUT2D eigenvalue weighted by Crippen LogP contribution is 2.19.